The van der Waals surface area contributed by atoms with Gasteiger partial charge in [-0.15, -0.1) is 10.2 Å². The van der Waals surface area contributed by atoms with Crippen molar-refractivity contribution in [3.05, 3.63) is 129 Å². The SMILES string of the molecule is COc1cccc(/N=N/C(=C2C=C(C(C)(C)C)C(=O)C(C(C)(C)C)=C2)c2cc(C)c(C(/N=N/c3cccc(OC)c3)=C3C=C(C(C)(C)C)C(=O)C(C(C)(C)C)=C3)o2)c1. The van der Waals surface area contributed by atoms with E-state index < -0.39 is 21.7 Å². The summed E-state index contributed by atoms with van der Waals surface area (Å²) < 4.78 is 17.8. The van der Waals surface area contributed by atoms with Gasteiger partial charge in [-0.25, -0.2) is 0 Å². The number of benzene rings is 2. The van der Waals surface area contributed by atoms with Crippen LogP contribution in [0.15, 0.2) is 137 Å². The van der Waals surface area contributed by atoms with E-state index >= 15 is 0 Å². The smallest absolute Gasteiger partial charge is 0.186 e. The molecule has 58 heavy (non-hydrogen) atoms. The molecule has 2 aromatic carbocycles. The molecule has 9 heteroatoms. The van der Waals surface area contributed by atoms with E-state index in [1.54, 1.807) is 26.4 Å². The lowest BCUT2D eigenvalue weighted by molar-refractivity contribution is -0.114. The molecule has 1 heterocycles. The maximum atomic E-state index is 14.0. The normalized spacial score (nSPS) is 15.8. The molecule has 0 N–H and O–H groups in total. The Hall–Kier alpha value is -5.70. The quantitative estimate of drug-likeness (QED) is 0.211. The van der Waals surface area contributed by atoms with Crippen LogP contribution < -0.4 is 9.47 Å². The molecule has 0 saturated carbocycles. The van der Waals surface area contributed by atoms with Crippen molar-refractivity contribution in [2.75, 3.05) is 14.2 Å². The van der Waals surface area contributed by atoms with Gasteiger partial charge in [-0.05, 0) is 88.8 Å². The molecular formula is C49H58N4O5. The Morgan fingerprint density at radius 1 is 0.534 bits per heavy atom. The third-order valence-corrected chi connectivity index (χ3v) is 9.96. The fraction of sp³-hybridized carbons (Fsp3) is 0.388. The van der Waals surface area contributed by atoms with Crippen molar-refractivity contribution < 1.29 is 23.5 Å². The van der Waals surface area contributed by atoms with Crippen LogP contribution >= 0.6 is 0 Å². The summed E-state index contributed by atoms with van der Waals surface area (Å²) in [4.78, 5) is 28.1. The van der Waals surface area contributed by atoms with Crippen LogP contribution in [0.4, 0.5) is 11.4 Å². The summed E-state index contributed by atoms with van der Waals surface area (Å²) in [5.41, 5.74) is 4.95. The highest BCUT2D eigenvalue weighted by Crippen LogP contribution is 2.44. The van der Waals surface area contributed by atoms with Gasteiger partial charge in [0.15, 0.2) is 23.1 Å². The molecule has 304 valence electrons. The topological polar surface area (TPSA) is 115 Å². The molecule has 5 rings (SSSR count). The van der Waals surface area contributed by atoms with Crippen molar-refractivity contribution in [3.63, 3.8) is 0 Å². The van der Waals surface area contributed by atoms with Crippen LogP contribution in [0.1, 0.15) is 100 Å². The fourth-order valence-corrected chi connectivity index (χ4v) is 6.64. The number of Topliss-reactive ketones (excluding diaryl/α,β-unsaturated/α-hetero) is 2. The van der Waals surface area contributed by atoms with Crippen molar-refractivity contribution in [2.45, 2.75) is 90.0 Å². The number of aryl methyl sites for hydroxylation is 1. The first-order valence-corrected chi connectivity index (χ1v) is 19.6. The van der Waals surface area contributed by atoms with E-state index in [-0.39, 0.29) is 11.6 Å². The van der Waals surface area contributed by atoms with Crippen LogP contribution in [0.3, 0.4) is 0 Å². The van der Waals surface area contributed by atoms with E-state index in [0.29, 0.717) is 79.2 Å². The molecule has 9 nitrogen and oxygen atoms in total. The van der Waals surface area contributed by atoms with Crippen molar-refractivity contribution >= 4 is 34.3 Å². The molecule has 0 saturated heterocycles. The minimum Gasteiger partial charge on any atom is -0.497 e. The average Bonchev–Trinajstić information content (AvgIpc) is 3.51. The predicted octanol–water partition coefficient (Wildman–Crippen LogP) is 13.7. The van der Waals surface area contributed by atoms with E-state index in [0.717, 1.165) is 5.56 Å². The number of nitrogens with zero attached hydrogens (tertiary/aromatic N) is 4. The van der Waals surface area contributed by atoms with E-state index in [2.05, 4.69) is 10.2 Å². The molecule has 2 aliphatic rings. The Morgan fingerprint density at radius 3 is 1.26 bits per heavy atom. The summed E-state index contributed by atoms with van der Waals surface area (Å²) in [7, 11) is 3.21. The van der Waals surface area contributed by atoms with Gasteiger partial charge in [0.05, 0.1) is 25.6 Å². The van der Waals surface area contributed by atoms with Crippen LogP contribution in [0.5, 0.6) is 11.5 Å². The zero-order valence-electron chi connectivity index (χ0n) is 36.8. The number of ketones is 2. The first kappa shape index (κ1) is 43.4. The highest BCUT2D eigenvalue weighted by molar-refractivity contribution is 6.13. The van der Waals surface area contributed by atoms with E-state index in [1.165, 1.54) is 0 Å². The second-order valence-electron chi connectivity index (χ2n) is 18.9. The molecule has 3 aromatic rings. The summed E-state index contributed by atoms with van der Waals surface area (Å²) in [6, 6.07) is 16.6. The lowest BCUT2D eigenvalue weighted by atomic mass is 9.71. The first-order valence-electron chi connectivity index (χ1n) is 19.6. The number of methoxy groups -OCH3 is 2. The molecule has 0 amide bonds. The zero-order chi connectivity index (χ0) is 43.0. The monoisotopic (exact) mass is 782 g/mol. The van der Waals surface area contributed by atoms with Crippen LogP contribution in [-0.2, 0) is 9.59 Å². The summed E-state index contributed by atoms with van der Waals surface area (Å²) >= 11 is 0. The summed E-state index contributed by atoms with van der Waals surface area (Å²) in [5.74, 6) is 2.15. The Balaban J connectivity index is 1.87. The number of azo groups is 2. The summed E-state index contributed by atoms with van der Waals surface area (Å²) in [6.07, 6.45) is 7.62. The number of carbonyl (C=O) groups is 2. The van der Waals surface area contributed by atoms with Gasteiger partial charge in [-0.3, -0.25) is 9.59 Å². The van der Waals surface area contributed by atoms with Crippen molar-refractivity contribution in [1.29, 1.82) is 0 Å². The molecular weight excluding hydrogens is 725 g/mol. The lowest BCUT2D eigenvalue weighted by Crippen LogP contribution is -2.28. The van der Waals surface area contributed by atoms with Crippen LogP contribution in [0, 0.1) is 28.6 Å². The van der Waals surface area contributed by atoms with Crippen molar-refractivity contribution in [2.24, 2.45) is 42.1 Å². The van der Waals surface area contributed by atoms with Crippen LogP contribution in [0.25, 0.3) is 11.4 Å². The number of hydrogen-bond acceptors (Lipinski definition) is 9. The number of hydrogen-bond donors (Lipinski definition) is 0. The van der Waals surface area contributed by atoms with Gasteiger partial charge in [0.25, 0.3) is 0 Å². The van der Waals surface area contributed by atoms with Gasteiger partial charge in [0, 0.05) is 45.6 Å². The minimum absolute atomic E-state index is 0.00356. The molecule has 0 unspecified atom stereocenters. The van der Waals surface area contributed by atoms with Crippen molar-refractivity contribution in [1.82, 2.24) is 0 Å². The van der Waals surface area contributed by atoms with E-state index in [4.69, 9.17) is 24.1 Å². The van der Waals surface area contributed by atoms with E-state index in [1.807, 2.05) is 157 Å². The maximum Gasteiger partial charge on any atom is 0.186 e. The largest absolute Gasteiger partial charge is 0.497 e. The Labute approximate surface area is 344 Å². The Morgan fingerprint density at radius 2 is 0.897 bits per heavy atom. The summed E-state index contributed by atoms with van der Waals surface area (Å²) in [5, 5.41) is 19.1. The first-order chi connectivity index (χ1) is 26.9. The second kappa shape index (κ2) is 16.3. The average molecular weight is 783 g/mol. The highest BCUT2D eigenvalue weighted by atomic mass is 16.5. The molecule has 0 aliphatic heterocycles. The van der Waals surface area contributed by atoms with Crippen LogP contribution in [0.2, 0.25) is 0 Å². The molecule has 0 fully saturated rings. The number of rotatable bonds is 8. The zero-order valence-corrected chi connectivity index (χ0v) is 36.8. The lowest BCUT2D eigenvalue weighted by Gasteiger charge is -2.31. The van der Waals surface area contributed by atoms with Gasteiger partial charge >= 0.3 is 0 Å². The van der Waals surface area contributed by atoms with Gasteiger partial charge in [-0.1, -0.05) is 95.2 Å². The number of allylic oxidation sites excluding steroid dienone is 10. The molecule has 1 aromatic heterocycles. The minimum atomic E-state index is -0.462. The molecule has 0 bridgehead atoms. The third-order valence-electron chi connectivity index (χ3n) is 9.96. The maximum absolute atomic E-state index is 14.0. The Bertz CT molecular complexity index is 2310. The predicted molar refractivity (Wildman–Crippen MR) is 232 cm³/mol. The summed E-state index contributed by atoms with van der Waals surface area (Å²) in [6.45, 7) is 26.4. The fourth-order valence-electron chi connectivity index (χ4n) is 6.64. The van der Waals surface area contributed by atoms with Gasteiger partial charge in [0.1, 0.15) is 22.9 Å². The number of furan rings is 1. The molecule has 2 aliphatic carbocycles. The van der Waals surface area contributed by atoms with Crippen LogP contribution in [-0.4, -0.2) is 25.8 Å². The molecule has 0 radical (unpaired) electrons. The number of ether oxygens (including phenoxy) is 2. The van der Waals surface area contributed by atoms with Crippen molar-refractivity contribution in [3.8, 4) is 11.5 Å². The number of carbonyl (C=O) groups excluding carboxylic acids is 2. The van der Waals surface area contributed by atoms with Gasteiger partial charge in [-0.2, -0.15) is 10.2 Å². The Kier molecular flexibility index (Phi) is 12.2. The van der Waals surface area contributed by atoms with E-state index in [9.17, 15) is 9.59 Å². The highest BCUT2D eigenvalue weighted by Gasteiger charge is 2.37. The standard InChI is InChI=1S/C49H58N4O5/c1-29-22-40(41(52-50-32-18-16-20-34(27-32)56-14)30-23-36(46(2,3)4)43(54)37(24-30)47(5,6)7)58-45(29)42(53-51-33-19-17-21-35(28-33)57-15)31-25-38(48(8,9)10)44(55)39(26-31)49(11,12)13/h16-28H,1-15H3/b52-50+,53-51+. The second-order valence-corrected chi connectivity index (χ2v) is 18.9. The van der Waals surface area contributed by atoms with Gasteiger partial charge in [0.2, 0.25) is 0 Å². The molecule has 0 spiro atoms. The van der Waals surface area contributed by atoms with Gasteiger partial charge < -0.3 is 13.9 Å². The molecule has 0 atom stereocenters. The third kappa shape index (κ3) is 9.69.